The predicted octanol–water partition coefficient (Wildman–Crippen LogP) is 4.14. The summed E-state index contributed by atoms with van der Waals surface area (Å²) in [6.07, 6.45) is 0. The molecular formula is C15H14N2O3S2. The molecule has 0 radical (unpaired) electrons. The first-order valence-corrected chi connectivity index (χ1v) is 8.41. The van der Waals surface area contributed by atoms with Crippen LogP contribution in [0.3, 0.4) is 0 Å². The first-order valence-electron chi connectivity index (χ1n) is 6.65. The Balaban J connectivity index is 1.75. The summed E-state index contributed by atoms with van der Waals surface area (Å²) < 4.78 is 10.4. The van der Waals surface area contributed by atoms with E-state index in [1.54, 1.807) is 18.3 Å². The van der Waals surface area contributed by atoms with Gasteiger partial charge in [-0.25, -0.2) is 9.78 Å². The van der Waals surface area contributed by atoms with Crippen LogP contribution in [0.25, 0.3) is 10.6 Å². The summed E-state index contributed by atoms with van der Waals surface area (Å²) in [6.45, 7) is 5.60. The number of ether oxygens (including phenoxy) is 1. The highest BCUT2D eigenvalue weighted by Gasteiger charge is 2.19. The fourth-order valence-corrected chi connectivity index (χ4v) is 3.68. The van der Waals surface area contributed by atoms with Gasteiger partial charge in [0.15, 0.2) is 0 Å². The van der Waals surface area contributed by atoms with Crippen molar-refractivity contribution < 1.29 is 14.1 Å². The van der Waals surface area contributed by atoms with Crippen LogP contribution in [0.5, 0.6) is 0 Å². The second kappa shape index (κ2) is 6.02. The molecule has 5 nitrogen and oxygen atoms in total. The van der Waals surface area contributed by atoms with E-state index < -0.39 is 0 Å². The van der Waals surface area contributed by atoms with Crippen molar-refractivity contribution in [3.63, 3.8) is 0 Å². The number of hydrogen-bond acceptors (Lipinski definition) is 7. The highest BCUT2D eigenvalue weighted by atomic mass is 32.1. The van der Waals surface area contributed by atoms with Crippen LogP contribution < -0.4 is 0 Å². The third-order valence-electron chi connectivity index (χ3n) is 3.28. The van der Waals surface area contributed by atoms with Gasteiger partial charge in [-0.1, -0.05) is 5.16 Å². The van der Waals surface area contributed by atoms with Crippen molar-refractivity contribution >= 4 is 28.6 Å². The Bertz CT molecular complexity index is 783. The summed E-state index contributed by atoms with van der Waals surface area (Å²) in [5.74, 6) is 0.307. The molecule has 114 valence electrons. The van der Waals surface area contributed by atoms with Gasteiger partial charge in [0, 0.05) is 10.9 Å². The number of aromatic nitrogens is 2. The zero-order valence-corrected chi connectivity index (χ0v) is 14.0. The van der Waals surface area contributed by atoms with E-state index >= 15 is 0 Å². The smallest absolute Gasteiger partial charge is 0.350 e. The van der Waals surface area contributed by atoms with Gasteiger partial charge in [0.05, 0.1) is 17.0 Å². The highest BCUT2D eigenvalue weighted by molar-refractivity contribution is 7.17. The van der Waals surface area contributed by atoms with Gasteiger partial charge in [-0.05, 0) is 32.2 Å². The molecule has 3 aromatic heterocycles. The number of hydrogen-bond donors (Lipinski definition) is 0. The lowest BCUT2D eigenvalue weighted by molar-refractivity contribution is 0.0475. The molecule has 3 aromatic rings. The van der Waals surface area contributed by atoms with Crippen LogP contribution in [-0.4, -0.2) is 16.1 Å². The van der Waals surface area contributed by atoms with E-state index in [4.69, 9.17) is 9.26 Å². The minimum atomic E-state index is -0.364. The first kappa shape index (κ1) is 14.9. The maximum Gasteiger partial charge on any atom is 0.350 e. The van der Waals surface area contributed by atoms with Crippen LogP contribution in [0.4, 0.5) is 0 Å². The molecule has 0 spiro atoms. The number of thiazole rings is 1. The quantitative estimate of drug-likeness (QED) is 0.671. The topological polar surface area (TPSA) is 65.2 Å². The molecule has 3 heterocycles. The van der Waals surface area contributed by atoms with Gasteiger partial charge < -0.3 is 9.26 Å². The number of nitrogens with zero attached hydrogens (tertiary/aromatic N) is 2. The molecule has 0 unspecified atom stereocenters. The molecule has 0 amide bonds. The lowest BCUT2D eigenvalue weighted by atomic mass is 10.2. The SMILES string of the molecule is Cc1nc(-c2ccsc2)sc1C(=O)OCc1c(C)noc1C. The van der Waals surface area contributed by atoms with E-state index in [9.17, 15) is 4.79 Å². The third-order valence-corrected chi connectivity index (χ3v) is 5.15. The van der Waals surface area contributed by atoms with Gasteiger partial charge in [0.25, 0.3) is 0 Å². The molecule has 22 heavy (non-hydrogen) atoms. The number of rotatable bonds is 4. The van der Waals surface area contributed by atoms with Gasteiger partial charge in [-0.2, -0.15) is 11.3 Å². The summed E-state index contributed by atoms with van der Waals surface area (Å²) in [5.41, 5.74) is 3.27. The van der Waals surface area contributed by atoms with Gasteiger partial charge in [0.1, 0.15) is 22.3 Å². The molecule has 0 saturated carbocycles. The molecule has 0 fully saturated rings. The predicted molar refractivity (Wildman–Crippen MR) is 85.3 cm³/mol. The Labute approximate surface area is 135 Å². The van der Waals surface area contributed by atoms with Gasteiger partial charge in [-0.15, -0.1) is 11.3 Å². The molecule has 0 aliphatic rings. The van der Waals surface area contributed by atoms with Crippen molar-refractivity contribution in [2.75, 3.05) is 0 Å². The van der Waals surface area contributed by atoms with Gasteiger partial charge >= 0.3 is 5.97 Å². The lowest BCUT2D eigenvalue weighted by Crippen LogP contribution is -2.05. The van der Waals surface area contributed by atoms with E-state index in [0.29, 0.717) is 16.3 Å². The summed E-state index contributed by atoms with van der Waals surface area (Å²) in [7, 11) is 0. The van der Waals surface area contributed by atoms with Crippen LogP contribution in [0.1, 0.15) is 32.4 Å². The zero-order chi connectivity index (χ0) is 15.7. The molecule has 0 aromatic carbocycles. The number of thiophene rings is 1. The first-order chi connectivity index (χ1) is 10.6. The fraction of sp³-hybridized carbons (Fsp3) is 0.267. The Morgan fingerprint density at radius 2 is 2.14 bits per heavy atom. The van der Waals surface area contributed by atoms with Crippen molar-refractivity contribution in [2.24, 2.45) is 0 Å². The summed E-state index contributed by atoms with van der Waals surface area (Å²) >= 11 is 2.96. The van der Waals surface area contributed by atoms with Crippen LogP contribution in [0, 0.1) is 20.8 Å². The Kier molecular flexibility index (Phi) is 4.08. The number of carbonyl (C=O) groups is 1. The Hall–Kier alpha value is -1.99. The standard InChI is InChI=1S/C15H14N2O3S2/c1-8-12(10(3)20-17-8)6-19-15(18)13-9(2)16-14(22-13)11-4-5-21-7-11/h4-5,7H,6H2,1-3H3. The highest BCUT2D eigenvalue weighted by Crippen LogP contribution is 2.30. The Morgan fingerprint density at radius 3 is 2.77 bits per heavy atom. The molecule has 0 aliphatic carbocycles. The number of aryl methyl sites for hydroxylation is 3. The molecule has 3 rings (SSSR count). The monoisotopic (exact) mass is 334 g/mol. The zero-order valence-electron chi connectivity index (χ0n) is 12.4. The van der Waals surface area contributed by atoms with Gasteiger partial charge in [0.2, 0.25) is 0 Å². The molecular weight excluding hydrogens is 320 g/mol. The van der Waals surface area contributed by atoms with Crippen molar-refractivity contribution in [2.45, 2.75) is 27.4 Å². The average molecular weight is 334 g/mol. The van der Waals surface area contributed by atoms with Crippen molar-refractivity contribution in [3.8, 4) is 10.6 Å². The average Bonchev–Trinajstić information content (AvgIpc) is 3.19. The Morgan fingerprint density at radius 1 is 1.32 bits per heavy atom. The molecule has 7 heteroatoms. The van der Waals surface area contributed by atoms with Crippen LogP contribution >= 0.6 is 22.7 Å². The number of esters is 1. The lowest BCUT2D eigenvalue weighted by Gasteiger charge is -2.02. The van der Waals surface area contributed by atoms with Crippen LogP contribution in [0.2, 0.25) is 0 Å². The van der Waals surface area contributed by atoms with E-state index in [1.807, 2.05) is 30.7 Å². The van der Waals surface area contributed by atoms with Gasteiger partial charge in [-0.3, -0.25) is 0 Å². The molecule has 0 aliphatic heterocycles. The third kappa shape index (κ3) is 2.82. The number of carbonyl (C=O) groups excluding carboxylic acids is 1. The second-order valence-electron chi connectivity index (χ2n) is 4.82. The summed E-state index contributed by atoms with van der Waals surface area (Å²) in [5, 5.41) is 8.68. The van der Waals surface area contributed by atoms with Crippen molar-refractivity contribution in [1.29, 1.82) is 0 Å². The fourth-order valence-electron chi connectivity index (χ4n) is 2.01. The van der Waals surface area contributed by atoms with E-state index in [1.165, 1.54) is 11.3 Å². The van der Waals surface area contributed by atoms with Crippen molar-refractivity contribution in [1.82, 2.24) is 10.1 Å². The largest absolute Gasteiger partial charge is 0.456 e. The second-order valence-corrected chi connectivity index (χ2v) is 6.60. The van der Waals surface area contributed by atoms with Crippen LogP contribution in [-0.2, 0) is 11.3 Å². The molecule has 0 saturated heterocycles. The van der Waals surface area contributed by atoms with E-state index in [-0.39, 0.29) is 12.6 Å². The summed E-state index contributed by atoms with van der Waals surface area (Å²) in [6, 6.07) is 1.99. The summed E-state index contributed by atoms with van der Waals surface area (Å²) in [4.78, 5) is 17.2. The molecule has 0 bridgehead atoms. The molecule has 0 atom stereocenters. The minimum absolute atomic E-state index is 0.158. The molecule has 0 N–H and O–H groups in total. The van der Waals surface area contributed by atoms with Crippen molar-refractivity contribution in [3.05, 3.63) is 44.4 Å². The maximum absolute atomic E-state index is 12.3. The van der Waals surface area contributed by atoms with E-state index in [0.717, 1.165) is 21.8 Å². The van der Waals surface area contributed by atoms with E-state index in [2.05, 4.69) is 10.1 Å². The minimum Gasteiger partial charge on any atom is -0.456 e. The normalized spacial score (nSPS) is 10.9. The maximum atomic E-state index is 12.3. The van der Waals surface area contributed by atoms with Crippen LogP contribution in [0.15, 0.2) is 21.3 Å².